The summed E-state index contributed by atoms with van der Waals surface area (Å²) < 4.78 is 0. The Morgan fingerprint density at radius 1 is 1.04 bits per heavy atom. The third-order valence-corrected chi connectivity index (χ3v) is 4.45. The number of rotatable bonds is 5. The number of nitrogens with zero attached hydrogens (tertiary/aromatic N) is 1. The quantitative estimate of drug-likeness (QED) is 0.889. The fourth-order valence-electron chi connectivity index (χ4n) is 3.08. The van der Waals surface area contributed by atoms with E-state index in [-0.39, 0.29) is 12.0 Å². The predicted octanol–water partition coefficient (Wildman–Crippen LogP) is 2.67. The van der Waals surface area contributed by atoms with Crippen molar-refractivity contribution >= 4 is 11.6 Å². The normalized spacial score (nSPS) is 16.0. The van der Waals surface area contributed by atoms with E-state index in [2.05, 4.69) is 28.4 Å². The van der Waals surface area contributed by atoms with Gasteiger partial charge in [0, 0.05) is 18.8 Å². The summed E-state index contributed by atoms with van der Waals surface area (Å²) in [5.41, 5.74) is 3.22. The van der Waals surface area contributed by atoms with Crippen molar-refractivity contribution in [3.8, 4) is 0 Å². The van der Waals surface area contributed by atoms with Gasteiger partial charge in [0.05, 0.1) is 12.6 Å². The van der Waals surface area contributed by atoms with Gasteiger partial charge in [0.15, 0.2) is 0 Å². The molecule has 4 heteroatoms. The lowest BCUT2D eigenvalue weighted by atomic mass is 10.0. The molecule has 2 aromatic rings. The molecule has 1 aliphatic rings. The number of carbonyl (C=O) groups excluding carboxylic acids is 1. The van der Waals surface area contributed by atoms with Crippen molar-refractivity contribution in [2.75, 3.05) is 25.0 Å². The molecule has 0 unspecified atom stereocenters. The smallest absolute Gasteiger partial charge is 0.238 e. The van der Waals surface area contributed by atoms with E-state index in [0.29, 0.717) is 6.54 Å². The van der Waals surface area contributed by atoms with E-state index in [9.17, 15) is 9.90 Å². The van der Waals surface area contributed by atoms with E-state index in [1.807, 2.05) is 36.4 Å². The lowest BCUT2D eigenvalue weighted by molar-refractivity contribution is -0.117. The number of anilines is 1. The summed E-state index contributed by atoms with van der Waals surface area (Å²) in [6, 6.07) is 18.2. The Hall–Kier alpha value is -2.17. The Balaban J connectivity index is 1.61. The molecular formula is C20H24N2O2. The van der Waals surface area contributed by atoms with Crippen molar-refractivity contribution in [1.82, 2.24) is 4.90 Å². The highest BCUT2D eigenvalue weighted by Gasteiger charge is 2.19. The number of nitrogens with one attached hydrogen (secondary N) is 1. The zero-order valence-corrected chi connectivity index (χ0v) is 13.8. The first-order valence-electron chi connectivity index (χ1n) is 8.53. The van der Waals surface area contributed by atoms with Gasteiger partial charge in [-0.2, -0.15) is 0 Å². The van der Waals surface area contributed by atoms with Gasteiger partial charge >= 0.3 is 0 Å². The number of benzene rings is 2. The molecule has 0 aromatic heterocycles. The van der Waals surface area contributed by atoms with Gasteiger partial charge in [0.1, 0.15) is 0 Å². The Kier molecular flexibility index (Phi) is 5.62. The number of piperidine rings is 1. The molecule has 1 saturated heterocycles. The monoisotopic (exact) mass is 324 g/mol. The first kappa shape index (κ1) is 16.7. The molecule has 1 heterocycles. The van der Waals surface area contributed by atoms with Crippen LogP contribution in [0.5, 0.6) is 0 Å². The van der Waals surface area contributed by atoms with Crippen LogP contribution in [-0.4, -0.2) is 41.7 Å². The van der Waals surface area contributed by atoms with Crippen molar-refractivity contribution in [1.29, 1.82) is 0 Å². The van der Waals surface area contributed by atoms with Gasteiger partial charge in [-0.05, 0) is 36.5 Å². The summed E-state index contributed by atoms with van der Waals surface area (Å²) >= 11 is 0. The summed E-state index contributed by atoms with van der Waals surface area (Å²) in [4.78, 5) is 14.5. The number of carbonyl (C=O) groups is 1. The zero-order valence-electron chi connectivity index (χ0n) is 13.8. The summed E-state index contributed by atoms with van der Waals surface area (Å²) in [6.07, 6.45) is 2.08. The fourth-order valence-corrected chi connectivity index (χ4v) is 3.08. The zero-order chi connectivity index (χ0) is 16.8. The topological polar surface area (TPSA) is 52.6 Å². The van der Waals surface area contributed by atoms with Crippen LogP contribution < -0.4 is 5.32 Å². The van der Waals surface area contributed by atoms with Crippen molar-refractivity contribution in [3.05, 3.63) is 65.7 Å². The summed E-state index contributed by atoms with van der Waals surface area (Å²) in [6.45, 7) is 1.94. The minimum Gasteiger partial charge on any atom is -0.393 e. The fraction of sp³-hybridized carbons (Fsp3) is 0.350. The van der Waals surface area contributed by atoms with Crippen molar-refractivity contribution in [2.45, 2.75) is 25.4 Å². The summed E-state index contributed by atoms with van der Waals surface area (Å²) in [5, 5.41) is 12.6. The second-order valence-corrected chi connectivity index (χ2v) is 6.38. The van der Waals surface area contributed by atoms with E-state index >= 15 is 0 Å². The lowest BCUT2D eigenvalue weighted by Gasteiger charge is -2.28. The number of aliphatic hydroxyl groups is 1. The van der Waals surface area contributed by atoms with Crippen LogP contribution in [0, 0.1) is 0 Å². The van der Waals surface area contributed by atoms with Crippen LogP contribution in [0.1, 0.15) is 24.0 Å². The van der Waals surface area contributed by atoms with Crippen LogP contribution in [0.2, 0.25) is 0 Å². The van der Waals surface area contributed by atoms with Crippen LogP contribution in [0.25, 0.3) is 0 Å². The molecule has 0 bridgehead atoms. The molecule has 2 N–H and O–H groups in total. The van der Waals surface area contributed by atoms with Crippen LogP contribution in [0.3, 0.4) is 0 Å². The number of hydrogen-bond donors (Lipinski definition) is 2. The lowest BCUT2D eigenvalue weighted by Crippen LogP contribution is -2.40. The minimum absolute atomic E-state index is 0.00639. The Bertz CT molecular complexity index is 664. The highest BCUT2D eigenvalue weighted by atomic mass is 16.3. The molecule has 3 rings (SSSR count). The molecule has 1 amide bonds. The Labute approximate surface area is 143 Å². The van der Waals surface area contributed by atoms with E-state index in [1.54, 1.807) is 0 Å². The molecule has 0 saturated carbocycles. The average molecular weight is 324 g/mol. The molecular weight excluding hydrogens is 300 g/mol. The van der Waals surface area contributed by atoms with Crippen LogP contribution in [-0.2, 0) is 11.2 Å². The molecule has 0 atom stereocenters. The molecule has 24 heavy (non-hydrogen) atoms. The van der Waals surface area contributed by atoms with Gasteiger partial charge in [-0.15, -0.1) is 0 Å². The number of likely N-dealkylation sites (tertiary alicyclic amines) is 1. The van der Waals surface area contributed by atoms with Gasteiger partial charge in [-0.3, -0.25) is 9.69 Å². The maximum Gasteiger partial charge on any atom is 0.238 e. The minimum atomic E-state index is -0.212. The maximum absolute atomic E-state index is 12.4. The number of hydrogen-bond acceptors (Lipinski definition) is 3. The Morgan fingerprint density at radius 3 is 2.46 bits per heavy atom. The van der Waals surface area contributed by atoms with E-state index in [4.69, 9.17) is 0 Å². The van der Waals surface area contributed by atoms with Gasteiger partial charge in [0.25, 0.3) is 0 Å². The molecule has 2 aromatic carbocycles. The summed E-state index contributed by atoms with van der Waals surface area (Å²) in [7, 11) is 0. The third-order valence-electron chi connectivity index (χ3n) is 4.45. The van der Waals surface area contributed by atoms with Crippen LogP contribution in [0.4, 0.5) is 5.69 Å². The maximum atomic E-state index is 12.4. The standard InChI is InChI=1S/C20H24N2O2/c23-18-10-12-22(13-11-18)15-20(24)21-19-9-5-4-8-17(19)14-16-6-2-1-3-7-16/h1-9,18,23H,10-15H2,(H,21,24). The number of para-hydroxylation sites is 1. The molecule has 0 radical (unpaired) electrons. The molecule has 0 aliphatic carbocycles. The van der Waals surface area contributed by atoms with Crippen LogP contribution in [0.15, 0.2) is 54.6 Å². The SMILES string of the molecule is O=C(CN1CCC(O)CC1)Nc1ccccc1Cc1ccccc1. The van der Waals surface area contributed by atoms with Gasteiger partial charge in [-0.1, -0.05) is 48.5 Å². The largest absolute Gasteiger partial charge is 0.393 e. The number of aliphatic hydroxyl groups excluding tert-OH is 1. The van der Waals surface area contributed by atoms with E-state index < -0.39 is 0 Å². The van der Waals surface area contributed by atoms with Gasteiger partial charge in [0.2, 0.25) is 5.91 Å². The average Bonchev–Trinajstić information content (AvgIpc) is 2.60. The highest BCUT2D eigenvalue weighted by molar-refractivity contribution is 5.93. The first-order chi connectivity index (χ1) is 11.7. The van der Waals surface area contributed by atoms with Crippen molar-refractivity contribution in [2.24, 2.45) is 0 Å². The second-order valence-electron chi connectivity index (χ2n) is 6.38. The summed E-state index contributed by atoms with van der Waals surface area (Å²) in [5.74, 6) is 0.00639. The first-order valence-corrected chi connectivity index (χ1v) is 8.53. The second kappa shape index (κ2) is 8.08. The van der Waals surface area contributed by atoms with Gasteiger partial charge < -0.3 is 10.4 Å². The predicted molar refractivity (Wildman–Crippen MR) is 96.0 cm³/mol. The number of amides is 1. The molecule has 1 aliphatic heterocycles. The van der Waals surface area contributed by atoms with E-state index in [1.165, 1.54) is 5.56 Å². The van der Waals surface area contributed by atoms with Crippen molar-refractivity contribution < 1.29 is 9.90 Å². The highest BCUT2D eigenvalue weighted by Crippen LogP contribution is 2.19. The van der Waals surface area contributed by atoms with Crippen LogP contribution >= 0.6 is 0 Å². The Morgan fingerprint density at radius 2 is 1.71 bits per heavy atom. The van der Waals surface area contributed by atoms with Crippen molar-refractivity contribution in [3.63, 3.8) is 0 Å². The van der Waals surface area contributed by atoms with Gasteiger partial charge in [-0.25, -0.2) is 0 Å². The molecule has 0 spiro atoms. The molecule has 126 valence electrons. The molecule has 4 nitrogen and oxygen atoms in total. The third kappa shape index (κ3) is 4.66. The molecule has 1 fully saturated rings. The van der Waals surface area contributed by atoms with E-state index in [0.717, 1.165) is 43.6 Å².